The molecule has 0 amide bonds. The Labute approximate surface area is 50.0 Å². The first-order valence-electron chi connectivity index (χ1n) is 2.80. The summed E-state index contributed by atoms with van der Waals surface area (Å²) in [4.78, 5) is 0. The second-order valence-electron chi connectivity index (χ2n) is 1.69. The van der Waals surface area contributed by atoms with E-state index < -0.39 is 0 Å². The van der Waals surface area contributed by atoms with E-state index in [1.165, 1.54) is 0 Å². The molecule has 8 heavy (non-hydrogen) atoms. The van der Waals surface area contributed by atoms with Crippen LogP contribution in [0.15, 0.2) is 12.2 Å². The van der Waals surface area contributed by atoms with Gasteiger partial charge in [0, 0.05) is 6.54 Å². The van der Waals surface area contributed by atoms with Gasteiger partial charge in [0.05, 0.1) is 6.10 Å². The zero-order chi connectivity index (χ0) is 6.41. The fourth-order valence-electron chi connectivity index (χ4n) is 0.389. The van der Waals surface area contributed by atoms with Gasteiger partial charge in [-0.05, 0) is 13.3 Å². The number of rotatable bonds is 3. The van der Waals surface area contributed by atoms with Crippen LogP contribution in [0.25, 0.3) is 0 Å². The summed E-state index contributed by atoms with van der Waals surface area (Å²) in [5.74, 6) is 0. The topological polar surface area (TPSA) is 46.2 Å². The first-order chi connectivity index (χ1) is 3.81. The summed E-state index contributed by atoms with van der Waals surface area (Å²) < 4.78 is 0. The van der Waals surface area contributed by atoms with Gasteiger partial charge in [0.1, 0.15) is 0 Å². The van der Waals surface area contributed by atoms with E-state index in [1.807, 2.05) is 19.1 Å². The molecule has 0 bridgehead atoms. The number of hydrogen-bond donors (Lipinski definition) is 2. The molecule has 2 nitrogen and oxygen atoms in total. The third kappa shape index (κ3) is 3.84. The predicted molar refractivity (Wildman–Crippen MR) is 34.5 cm³/mol. The summed E-state index contributed by atoms with van der Waals surface area (Å²) in [5, 5.41) is 8.81. The Morgan fingerprint density at radius 2 is 2.38 bits per heavy atom. The normalized spacial score (nSPS) is 14.9. The molecule has 0 aromatic rings. The molecule has 0 saturated heterocycles. The third-order valence-electron chi connectivity index (χ3n) is 0.916. The van der Waals surface area contributed by atoms with Gasteiger partial charge < -0.3 is 10.8 Å². The van der Waals surface area contributed by atoms with E-state index in [-0.39, 0.29) is 6.10 Å². The van der Waals surface area contributed by atoms with Crippen molar-refractivity contribution in [2.75, 3.05) is 6.54 Å². The minimum atomic E-state index is -0.355. The molecule has 1 atom stereocenters. The summed E-state index contributed by atoms with van der Waals surface area (Å²) in [6.45, 7) is 2.27. The molecule has 0 heterocycles. The standard InChI is InChI=1S/C6H13NO/c1-2-3-4-6(8)5-7/h2-3,6,8H,4-5,7H2,1H3/b3-2-. The van der Waals surface area contributed by atoms with Gasteiger partial charge in [0.15, 0.2) is 0 Å². The summed E-state index contributed by atoms with van der Waals surface area (Å²) >= 11 is 0. The molecule has 2 heteroatoms. The fourth-order valence-corrected chi connectivity index (χ4v) is 0.389. The molecule has 0 rings (SSSR count). The van der Waals surface area contributed by atoms with Crippen LogP contribution in [0.2, 0.25) is 0 Å². The Morgan fingerprint density at radius 1 is 1.75 bits per heavy atom. The molecule has 0 spiro atoms. The zero-order valence-corrected chi connectivity index (χ0v) is 5.17. The first kappa shape index (κ1) is 7.66. The van der Waals surface area contributed by atoms with Crippen molar-refractivity contribution in [2.45, 2.75) is 19.4 Å². The van der Waals surface area contributed by atoms with Crippen molar-refractivity contribution in [1.29, 1.82) is 0 Å². The summed E-state index contributed by atoms with van der Waals surface area (Å²) in [5.41, 5.74) is 5.13. The van der Waals surface area contributed by atoms with E-state index in [2.05, 4.69) is 0 Å². The monoisotopic (exact) mass is 115 g/mol. The van der Waals surface area contributed by atoms with Crippen LogP contribution in [0.5, 0.6) is 0 Å². The highest BCUT2D eigenvalue weighted by atomic mass is 16.3. The lowest BCUT2D eigenvalue weighted by atomic mass is 10.2. The maximum Gasteiger partial charge on any atom is 0.0696 e. The highest BCUT2D eigenvalue weighted by Gasteiger charge is 1.93. The Morgan fingerprint density at radius 3 is 2.75 bits per heavy atom. The van der Waals surface area contributed by atoms with E-state index >= 15 is 0 Å². The van der Waals surface area contributed by atoms with E-state index in [0.717, 1.165) is 0 Å². The molecule has 0 aliphatic rings. The molecule has 0 aliphatic heterocycles. The minimum Gasteiger partial charge on any atom is -0.391 e. The molecular formula is C6H13NO. The number of hydrogen-bond acceptors (Lipinski definition) is 2. The van der Waals surface area contributed by atoms with E-state index in [1.54, 1.807) is 0 Å². The highest BCUT2D eigenvalue weighted by Crippen LogP contribution is 1.88. The molecule has 3 N–H and O–H groups in total. The zero-order valence-electron chi connectivity index (χ0n) is 5.17. The van der Waals surface area contributed by atoms with Gasteiger partial charge in [0.25, 0.3) is 0 Å². The maximum atomic E-state index is 8.81. The number of nitrogens with two attached hydrogens (primary N) is 1. The van der Waals surface area contributed by atoms with E-state index in [9.17, 15) is 0 Å². The number of allylic oxidation sites excluding steroid dienone is 1. The predicted octanol–water partition coefficient (Wildman–Crippen LogP) is 0.272. The molecule has 0 aromatic carbocycles. The largest absolute Gasteiger partial charge is 0.391 e. The lowest BCUT2D eigenvalue weighted by molar-refractivity contribution is 0.186. The molecule has 0 saturated carbocycles. The summed E-state index contributed by atoms with van der Waals surface area (Å²) in [7, 11) is 0. The molecule has 48 valence electrons. The van der Waals surface area contributed by atoms with Crippen molar-refractivity contribution >= 4 is 0 Å². The number of aliphatic hydroxyl groups is 1. The lowest BCUT2D eigenvalue weighted by Gasteiger charge is -2.00. The van der Waals surface area contributed by atoms with Gasteiger partial charge >= 0.3 is 0 Å². The molecule has 0 aliphatic carbocycles. The van der Waals surface area contributed by atoms with Crippen LogP contribution >= 0.6 is 0 Å². The average molecular weight is 115 g/mol. The summed E-state index contributed by atoms with van der Waals surface area (Å²) in [6, 6.07) is 0. The van der Waals surface area contributed by atoms with Gasteiger partial charge in [-0.1, -0.05) is 12.2 Å². The third-order valence-corrected chi connectivity index (χ3v) is 0.916. The maximum absolute atomic E-state index is 8.81. The van der Waals surface area contributed by atoms with Crippen molar-refractivity contribution in [2.24, 2.45) is 5.73 Å². The van der Waals surface area contributed by atoms with Gasteiger partial charge in [-0.2, -0.15) is 0 Å². The first-order valence-corrected chi connectivity index (χ1v) is 2.80. The van der Waals surface area contributed by atoms with Crippen LogP contribution in [-0.4, -0.2) is 17.8 Å². The smallest absolute Gasteiger partial charge is 0.0696 e. The lowest BCUT2D eigenvalue weighted by Crippen LogP contribution is -2.18. The number of aliphatic hydroxyl groups excluding tert-OH is 1. The second kappa shape index (κ2) is 4.81. The molecule has 1 unspecified atom stereocenters. The highest BCUT2D eigenvalue weighted by molar-refractivity contribution is 4.80. The molecule has 0 aromatic heterocycles. The van der Waals surface area contributed by atoms with Crippen molar-refractivity contribution in [1.82, 2.24) is 0 Å². The second-order valence-corrected chi connectivity index (χ2v) is 1.69. The average Bonchev–Trinajstić information content (AvgIpc) is 1.83. The van der Waals surface area contributed by atoms with Crippen molar-refractivity contribution < 1.29 is 5.11 Å². The molecular weight excluding hydrogens is 102 g/mol. The summed E-state index contributed by atoms with van der Waals surface area (Å²) in [6.07, 6.45) is 4.12. The minimum absolute atomic E-state index is 0.352. The van der Waals surface area contributed by atoms with Crippen LogP contribution in [0.1, 0.15) is 13.3 Å². The Balaban J connectivity index is 3.10. The molecule has 0 radical (unpaired) electrons. The van der Waals surface area contributed by atoms with Gasteiger partial charge in [0.2, 0.25) is 0 Å². The van der Waals surface area contributed by atoms with Crippen LogP contribution in [0, 0.1) is 0 Å². The van der Waals surface area contributed by atoms with E-state index in [4.69, 9.17) is 10.8 Å². The van der Waals surface area contributed by atoms with Crippen LogP contribution < -0.4 is 5.73 Å². The van der Waals surface area contributed by atoms with Gasteiger partial charge in [-0.15, -0.1) is 0 Å². The van der Waals surface area contributed by atoms with Gasteiger partial charge in [-0.25, -0.2) is 0 Å². The van der Waals surface area contributed by atoms with Gasteiger partial charge in [-0.3, -0.25) is 0 Å². The SMILES string of the molecule is C/C=C\CC(O)CN. The molecule has 0 fully saturated rings. The van der Waals surface area contributed by atoms with Crippen molar-refractivity contribution in [3.63, 3.8) is 0 Å². The Hall–Kier alpha value is -0.340. The van der Waals surface area contributed by atoms with Crippen LogP contribution in [0.3, 0.4) is 0 Å². The van der Waals surface area contributed by atoms with Crippen molar-refractivity contribution in [3.05, 3.63) is 12.2 Å². The van der Waals surface area contributed by atoms with Crippen LogP contribution in [0.4, 0.5) is 0 Å². The van der Waals surface area contributed by atoms with Crippen molar-refractivity contribution in [3.8, 4) is 0 Å². The Bertz CT molecular complexity index is 70.9. The van der Waals surface area contributed by atoms with Crippen LogP contribution in [-0.2, 0) is 0 Å². The quantitative estimate of drug-likeness (QED) is 0.519. The fraction of sp³-hybridized carbons (Fsp3) is 0.667. The Kier molecular flexibility index (Phi) is 4.61. The van der Waals surface area contributed by atoms with E-state index in [0.29, 0.717) is 13.0 Å².